The van der Waals surface area contributed by atoms with Crippen LogP contribution in [0.5, 0.6) is 0 Å². The summed E-state index contributed by atoms with van der Waals surface area (Å²) >= 11 is 0. The van der Waals surface area contributed by atoms with Crippen LogP contribution in [0.2, 0.25) is 0 Å². The van der Waals surface area contributed by atoms with Crippen molar-refractivity contribution in [3.8, 4) is 0 Å². The first-order valence-corrected chi connectivity index (χ1v) is 4.99. The molecule has 1 fully saturated rings. The standard InChI is InChI=1S/C9H14N4O2/c10-11-8(14)3-4-12-5-6-13(9(12)15)7-1-2-7/h5-7H,1-4,10H2,(H,11,14). The highest BCUT2D eigenvalue weighted by Gasteiger charge is 2.25. The SMILES string of the molecule is NNC(=O)CCn1ccn(C2CC2)c1=O. The largest absolute Gasteiger partial charge is 0.328 e. The second-order valence-corrected chi connectivity index (χ2v) is 3.73. The normalized spacial score (nSPS) is 15.3. The van der Waals surface area contributed by atoms with E-state index in [9.17, 15) is 9.59 Å². The lowest BCUT2D eigenvalue weighted by molar-refractivity contribution is -0.121. The van der Waals surface area contributed by atoms with Gasteiger partial charge >= 0.3 is 5.69 Å². The molecule has 1 aliphatic rings. The molecule has 0 atom stereocenters. The molecule has 1 aromatic heterocycles. The summed E-state index contributed by atoms with van der Waals surface area (Å²) < 4.78 is 3.26. The van der Waals surface area contributed by atoms with Gasteiger partial charge in [0.15, 0.2) is 0 Å². The van der Waals surface area contributed by atoms with Crippen LogP contribution >= 0.6 is 0 Å². The summed E-state index contributed by atoms with van der Waals surface area (Å²) in [5, 5.41) is 0. The topological polar surface area (TPSA) is 82.0 Å². The van der Waals surface area contributed by atoms with Gasteiger partial charge in [-0.15, -0.1) is 0 Å². The smallest absolute Gasteiger partial charge is 0.299 e. The van der Waals surface area contributed by atoms with Crippen molar-refractivity contribution in [3.63, 3.8) is 0 Å². The van der Waals surface area contributed by atoms with Crippen LogP contribution in [-0.4, -0.2) is 15.0 Å². The van der Waals surface area contributed by atoms with Crippen molar-refractivity contribution in [2.75, 3.05) is 0 Å². The highest BCUT2D eigenvalue weighted by molar-refractivity contribution is 5.74. The fourth-order valence-electron chi connectivity index (χ4n) is 1.52. The van der Waals surface area contributed by atoms with Gasteiger partial charge in [-0.05, 0) is 12.8 Å². The molecule has 0 bridgehead atoms. The number of aryl methyl sites for hydroxylation is 1. The van der Waals surface area contributed by atoms with E-state index in [1.165, 1.54) is 4.57 Å². The average molecular weight is 210 g/mol. The first kappa shape index (κ1) is 9.97. The summed E-state index contributed by atoms with van der Waals surface area (Å²) in [5.74, 6) is 4.68. The minimum absolute atomic E-state index is 0.0395. The van der Waals surface area contributed by atoms with Gasteiger partial charge in [-0.2, -0.15) is 0 Å². The van der Waals surface area contributed by atoms with Crippen molar-refractivity contribution in [2.24, 2.45) is 5.84 Å². The number of hydrazine groups is 1. The van der Waals surface area contributed by atoms with E-state index in [-0.39, 0.29) is 18.0 Å². The first-order chi connectivity index (χ1) is 7.22. The number of imidazole rings is 1. The number of aromatic nitrogens is 2. The molecule has 0 radical (unpaired) electrons. The zero-order chi connectivity index (χ0) is 10.8. The van der Waals surface area contributed by atoms with Gasteiger partial charge < -0.3 is 0 Å². The fraction of sp³-hybridized carbons (Fsp3) is 0.556. The molecule has 1 aromatic rings. The van der Waals surface area contributed by atoms with E-state index in [0.29, 0.717) is 12.6 Å². The minimum Gasteiger partial charge on any atom is -0.299 e. The van der Waals surface area contributed by atoms with E-state index in [1.54, 1.807) is 17.0 Å². The molecule has 1 heterocycles. The Balaban J connectivity index is 2.02. The summed E-state index contributed by atoms with van der Waals surface area (Å²) in [5.41, 5.74) is 2.00. The Bertz CT molecular complexity index is 416. The second-order valence-electron chi connectivity index (χ2n) is 3.73. The number of carbonyl (C=O) groups is 1. The second kappa shape index (κ2) is 3.90. The van der Waals surface area contributed by atoms with Crippen LogP contribution < -0.4 is 17.0 Å². The molecule has 6 nitrogen and oxygen atoms in total. The van der Waals surface area contributed by atoms with Gasteiger partial charge in [0.2, 0.25) is 5.91 Å². The van der Waals surface area contributed by atoms with Gasteiger partial charge in [-0.3, -0.25) is 19.4 Å². The average Bonchev–Trinajstić information content (AvgIpc) is 3.01. The maximum atomic E-state index is 11.7. The lowest BCUT2D eigenvalue weighted by atomic mass is 10.4. The molecular formula is C9H14N4O2. The molecule has 0 aliphatic heterocycles. The van der Waals surface area contributed by atoms with Crippen LogP contribution in [0.3, 0.4) is 0 Å². The van der Waals surface area contributed by atoms with E-state index < -0.39 is 0 Å². The highest BCUT2D eigenvalue weighted by Crippen LogP contribution is 2.33. The molecule has 15 heavy (non-hydrogen) atoms. The maximum Gasteiger partial charge on any atom is 0.328 e. The van der Waals surface area contributed by atoms with E-state index in [2.05, 4.69) is 0 Å². The Morgan fingerprint density at radius 2 is 2.27 bits per heavy atom. The van der Waals surface area contributed by atoms with Crippen LogP contribution in [0.4, 0.5) is 0 Å². The number of rotatable bonds is 4. The number of nitrogens with one attached hydrogen (secondary N) is 1. The number of nitrogens with zero attached hydrogens (tertiary/aromatic N) is 2. The molecular weight excluding hydrogens is 196 g/mol. The molecule has 82 valence electrons. The molecule has 0 unspecified atom stereocenters. The van der Waals surface area contributed by atoms with Crippen molar-refractivity contribution in [3.05, 3.63) is 22.9 Å². The van der Waals surface area contributed by atoms with Crippen molar-refractivity contribution in [1.82, 2.24) is 14.6 Å². The maximum absolute atomic E-state index is 11.7. The van der Waals surface area contributed by atoms with Gasteiger partial charge in [0, 0.05) is 31.4 Å². The summed E-state index contributed by atoms with van der Waals surface area (Å²) in [6, 6.07) is 0.377. The molecule has 2 rings (SSSR count). The molecule has 3 N–H and O–H groups in total. The van der Waals surface area contributed by atoms with E-state index in [4.69, 9.17) is 5.84 Å². The highest BCUT2D eigenvalue weighted by atomic mass is 16.2. The third kappa shape index (κ3) is 2.10. The Morgan fingerprint density at radius 3 is 2.87 bits per heavy atom. The van der Waals surface area contributed by atoms with Crippen molar-refractivity contribution >= 4 is 5.91 Å². The lowest BCUT2D eigenvalue weighted by Gasteiger charge is -2.00. The van der Waals surface area contributed by atoms with Crippen LogP contribution in [0, 0.1) is 0 Å². The van der Waals surface area contributed by atoms with Crippen LogP contribution in [-0.2, 0) is 11.3 Å². The Hall–Kier alpha value is -1.56. The summed E-state index contributed by atoms with van der Waals surface area (Å²) in [7, 11) is 0. The third-order valence-electron chi connectivity index (χ3n) is 2.55. The predicted octanol–water partition coefficient (Wildman–Crippen LogP) is -0.635. The third-order valence-corrected chi connectivity index (χ3v) is 2.55. The molecule has 0 spiro atoms. The van der Waals surface area contributed by atoms with Gasteiger partial charge in [-0.1, -0.05) is 0 Å². The zero-order valence-corrected chi connectivity index (χ0v) is 8.35. The van der Waals surface area contributed by atoms with Crippen molar-refractivity contribution in [2.45, 2.75) is 31.8 Å². The van der Waals surface area contributed by atoms with E-state index in [0.717, 1.165) is 12.8 Å². The number of carbonyl (C=O) groups excluding carboxylic acids is 1. The Labute approximate surface area is 86.6 Å². The van der Waals surface area contributed by atoms with Gasteiger partial charge in [0.05, 0.1) is 0 Å². The first-order valence-electron chi connectivity index (χ1n) is 4.99. The van der Waals surface area contributed by atoms with Gasteiger partial charge in [0.1, 0.15) is 0 Å². The quantitative estimate of drug-likeness (QED) is 0.394. The Morgan fingerprint density at radius 1 is 1.53 bits per heavy atom. The van der Waals surface area contributed by atoms with Crippen molar-refractivity contribution in [1.29, 1.82) is 0 Å². The number of hydrogen-bond donors (Lipinski definition) is 2. The number of nitrogens with two attached hydrogens (primary N) is 1. The van der Waals surface area contributed by atoms with Crippen LogP contribution in [0.25, 0.3) is 0 Å². The lowest BCUT2D eigenvalue weighted by Crippen LogP contribution is -2.32. The van der Waals surface area contributed by atoms with Crippen molar-refractivity contribution < 1.29 is 4.79 Å². The number of hydrogen-bond acceptors (Lipinski definition) is 3. The van der Waals surface area contributed by atoms with E-state index >= 15 is 0 Å². The van der Waals surface area contributed by atoms with Crippen LogP contribution in [0.15, 0.2) is 17.2 Å². The summed E-state index contributed by atoms with van der Waals surface area (Å²) in [6.45, 7) is 0.377. The summed E-state index contributed by atoms with van der Waals surface area (Å²) in [6.07, 6.45) is 5.87. The molecule has 1 amide bonds. The molecule has 0 saturated heterocycles. The number of amides is 1. The summed E-state index contributed by atoms with van der Waals surface area (Å²) in [4.78, 5) is 22.6. The molecule has 6 heteroatoms. The molecule has 1 saturated carbocycles. The zero-order valence-electron chi connectivity index (χ0n) is 8.35. The minimum atomic E-state index is -0.263. The van der Waals surface area contributed by atoms with Gasteiger partial charge in [-0.25, -0.2) is 10.6 Å². The fourth-order valence-corrected chi connectivity index (χ4v) is 1.52. The predicted molar refractivity (Wildman–Crippen MR) is 53.9 cm³/mol. The Kier molecular flexibility index (Phi) is 2.59. The van der Waals surface area contributed by atoms with Gasteiger partial charge in [0.25, 0.3) is 0 Å². The molecule has 1 aliphatic carbocycles. The monoisotopic (exact) mass is 210 g/mol. The molecule has 0 aromatic carbocycles. The van der Waals surface area contributed by atoms with E-state index in [1.807, 2.05) is 5.43 Å². The van der Waals surface area contributed by atoms with Crippen LogP contribution in [0.1, 0.15) is 25.3 Å².